The molecule has 11 heteroatoms. The highest BCUT2D eigenvalue weighted by Crippen LogP contribution is 2.82. The number of ether oxygens (including phenoxy) is 1. The number of Topliss-reactive ketones (excluding diaryl/α,β-unsaturated/α-hetero) is 2. The van der Waals surface area contributed by atoms with Gasteiger partial charge in [0.15, 0.2) is 5.78 Å². The Balaban J connectivity index is 0.936. The third-order valence-electron chi connectivity index (χ3n) is 29.0. The Hall–Kier alpha value is -4.20. The smallest absolute Gasteiger partial charge is 0.160 e. The van der Waals surface area contributed by atoms with E-state index < -0.39 is 69.1 Å². The van der Waals surface area contributed by atoms with E-state index in [1.165, 1.54) is 16.7 Å². The SMILES string of the molecule is CCCCCC1C2C=CC(O)C1C13CC4NCC(C)(O)CCCCC56CC=CC(C(c7cc(O)cc(CNC)c7)C5=O)C(C)(C46)C1CCC1=C(C(=O)CC13C)C1C(C(O)C3OC3(C)C3CCCC3c3cc(N)cc(CC(C)C)c3)C=CC3C4CC(C=CC4O)C2C31. The van der Waals surface area contributed by atoms with Crippen molar-refractivity contribution in [3.8, 4) is 5.75 Å². The fourth-order valence-electron chi connectivity index (χ4n) is 26.0. The molecule has 0 aromatic heterocycles. The van der Waals surface area contributed by atoms with Gasteiger partial charge in [-0.25, -0.2) is 0 Å². The van der Waals surface area contributed by atoms with Crippen LogP contribution in [0, 0.1) is 110 Å². The van der Waals surface area contributed by atoms with Gasteiger partial charge in [0.05, 0.1) is 35.4 Å². The summed E-state index contributed by atoms with van der Waals surface area (Å²) in [7, 11) is 1.92. The zero-order valence-electron chi connectivity index (χ0n) is 56.0. The van der Waals surface area contributed by atoms with E-state index in [2.05, 4.69) is 125 Å². The van der Waals surface area contributed by atoms with Crippen LogP contribution >= 0.6 is 0 Å². The number of hydrogen-bond donors (Lipinski definition) is 8. The molecule has 10 bridgehead atoms. The number of nitrogens with one attached hydrogen (secondary N) is 2. The van der Waals surface area contributed by atoms with E-state index in [4.69, 9.17) is 10.5 Å². The molecule has 9 N–H and O–H groups in total. The summed E-state index contributed by atoms with van der Waals surface area (Å²) in [5.41, 5.74) is 9.73. The normalized spacial score (nSPS) is 47.6. The van der Waals surface area contributed by atoms with Crippen molar-refractivity contribution in [1.82, 2.24) is 10.6 Å². The first-order chi connectivity index (χ1) is 43.5. The van der Waals surface area contributed by atoms with Crippen molar-refractivity contribution in [3.63, 3.8) is 0 Å². The molecule has 0 radical (unpaired) electrons. The molecule has 2 heterocycles. The van der Waals surface area contributed by atoms with Crippen molar-refractivity contribution in [1.29, 1.82) is 0 Å². The molecule has 2 saturated heterocycles. The van der Waals surface area contributed by atoms with Gasteiger partial charge in [0.25, 0.3) is 0 Å². The van der Waals surface area contributed by atoms with Gasteiger partial charge in [-0.05, 0) is 243 Å². The molecular weight excluding hydrogens is 1130 g/mol. The molecule has 11 nitrogen and oxygen atoms in total. The van der Waals surface area contributed by atoms with Crippen molar-refractivity contribution < 1.29 is 39.9 Å². The Bertz CT molecular complexity index is 3360. The lowest BCUT2D eigenvalue weighted by Crippen LogP contribution is -2.75. The van der Waals surface area contributed by atoms with Crippen LogP contribution in [0.15, 0.2) is 96.2 Å². The summed E-state index contributed by atoms with van der Waals surface area (Å²) < 4.78 is 7.15. The molecule has 2 spiro atoms. The van der Waals surface area contributed by atoms with Crippen LogP contribution in [0.25, 0.3) is 0 Å². The zero-order chi connectivity index (χ0) is 63.6. The van der Waals surface area contributed by atoms with Crippen molar-refractivity contribution in [2.75, 3.05) is 19.3 Å². The van der Waals surface area contributed by atoms with Crippen molar-refractivity contribution in [2.45, 2.75) is 224 Å². The summed E-state index contributed by atoms with van der Waals surface area (Å²) in [6, 6.07) is 12.3. The van der Waals surface area contributed by atoms with E-state index in [0.29, 0.717) is 57.5 Å². The number of phenolic OH excluding ortho intramolecular Hbond substituents is 1. The minimum absolute atomic E-state index is 0.0282. The van der Waals surface area contributed by atoms with Crippen LogP contribution in [-0.4, -0.2) is 92.4 Å². The second-order valence-electron chi connectivity index (χ2n) is 34.1. The van der Waals surface area contributed by atoms with Crippen molar-refractivity contribution in [3.05, 3.63) is 118 Å². The third-order valence-corrected chi connectivity index (χ3v) is 29.0. The highest BCUT2D eigenvalue weighted by atomic mass is 16.6. The number of anilines is 1. The molecule has 91 heavy (non-hydrogen) atoms. The largest absolute Gasteiger partial charge is 0.508 e. The monoisotopic (exact) mass is 1240 g/mol. The number of fused-ring (bicyclic) bond motifs is 10. The zero-order valence-corrected chi connectivity index (χ0v) is 56.0. The van der Waals surface area contributed by atoms with E-state index in [1.54, 1.807) is 0 Å². The summed E-state index contributed by atoms with van der Waals surface area (Å²) in [5, 5.41) is 71.7. The maximum atomic E-state index is 16.9. The van der Waals surface area contributed by atoms with Crippen molar-refractivity contribution in [2.24, 2.45) is 110 Å². The third kappa shape index (κ3) is 9.35. The van der Waals surface area contributed by atoms with Crippen LogP contribution in [-0.2, 0) is 27.3 Å². The lowest BCUT2D eigenvalue weighted by Gasteiger charge is -2.76. The topological polar surface area (TPSA) is 198 Å². The first kappa shape index (κ1) is 62.9. The molecule has 492 valence electrons. The Morgan fingerprint density at radius 1 is 0.846 bits per heavy atom. The number of epoxide rings is 1. The Morgan fingerprint density at radius 2 is 1.63 bits per heavy atom. The number of ketones is 2. The molecular formula is C80H109N3O8. The molecule has 2 aliphatic heterocycles. The Kier molecular flexibility index (Phi) is 15.7. The van der Waals surface area contributed by atoms with Gasteiger partial charge in [-0.15, -0.1) is 0 Å². The van der Waals surface area contributed by atoms with E-state index in [0.717, 1.165) is 99.4 Å². The highest BCUT2D eigenvalue weighted by Gasteiger charge is 2.80. The molecule has 27 atom stereocenters. The first-order valence-corrected chi connectivity index (χ1v) is 36.6. The number of nitrogens with two attached hydrogens (primary N) is 1. The van der Waals surface area contributed by atoms with Crippen LogP contribution in [0.3, 0.4) is 0 Å². The second kappa shape index (κ2) is 22.7. The van der Waals surface area contributed by atoms with Crippen LogP contribution < -0.4 is 16.4 Å². The van der Waals surface area contributed by atoms with E-state index in [-0.39, 0.29) is 106 Å². The lowest BCUT2D eigenvalue weighted by molar-refractivity contribution is -0.252. The van der Waals surface area contributed by atoms with E-state index >= 15 is 9.59 Å². The van der Waals surface area contributed by atoms with E-state index in [9.17, 15) is 25.5 Å². The van der Waals surface area contributed by atoms with E-state index in [1.807, 2.05) is 26.1 Å². The van der Waals surface area contributed by atoms with Gasteiger partial charge < -0.3 is 46.6 Å². The molecule has 27 unspecified atom stereocenters. The van der Waals surface area contributed by atoms with Crippen LogP contribution in [0.5, 0.6) is 5.75 Å². The van der Waals surface area contributed by atoms with Gasteiger partial charge >= 0.3 is 0 Å². The van der Waals surface area contributed by atoms with Gasteiger partial charge in [0.1, 0.15) is 17.6 Å². The number of benzene rings is 2. The number of β-amino-alcohol motifs (C(OH)–C–C–N with tert-alkyl or cyclic N) is 1. The number of phenols is 1. The number of carbonyl (C=O) groups excluding carboxylic acids is 2. The minimum Gasteiger partial charge on any atom is -0.508 e. The van der Waals surface area contributed by atoms with Gasteiger partial charge in [-0.1, -0.05) is 139 Å². The average Bonchev–Trinajstić information content (AvgIpc) is 1.37. The molecule has 12 aliphatic carbocycles. The number of aromatic hydroxyl groups is 1. The molecule has 2 aromatic carbocycles. The maximum absolute atomic E-state index is 16.9. The van der Waals surface area contributed by atoms with Crippen LogP contribution in [0.4, 0.5) is 5.69 Å². The van der Waals surface area contributed by atoms with Gasteiger partial charge in [-0.2, -0.15) is 0 Å². The van der Waals surface area contributed by atoms with Gasteiger partial charge in [-0.3, -0.25) is 9.59 Å². The van der Waals surface area contributed by atoms with Gasteiger partial charge in [0, 0.05) is 48.0 Å². The summed E-state index contributed by atoms with van der Waals surface area (Å²) in [5.74, 6) is -0.299. The molecule has 0 amide bonds. The fourth-order valence-corrected chi connectivity index (χ4v) is 26.0. The number of aliphatic hydroxyl groups is 4. The van der Waals surface area contributed by atoms with Gasteiger partial charge in [0.2, 0.25) is 0 Å². The summed E-state index contributed by atoms with van der Waals surface area (Å²) >= 11 is 0. The Morgan fingerprint density at radius 3 is 2.42 bits per heavy atom. The second-order valence-corrected chi connectivity index (χ2v) is 34.1. The molecule has 14 aliphatic rings. The number of nitrogen functional groups attached to an aromatic ring is 1. The minimum atomic E-state index is -0.993. The quantitative estimate of drug-likeness (QED) is 0.0411. The highest BCUT2D eigenvalue weighted by molar-refractivity contribution is 6.01. The Labute approximate surface area is 543 Å². The molecule has 7 fully saturated rings. The predicted octanol–water partition coefficient (Wildman–Crippen LogP) is 12.8. The number of rotatable bonds is 13. The molecule has 2 aromatic rings. The number of allylic oxidation sites excluding steroid dienone is 7. The average molecular weight is 1240 g/mol. The molecule has 16 rings (SSSR count). The number of carbonyl (C=O) groups is 2. The number of unbranched alkanes of at least 4 members (excludes halogenated alkanes) is 2. The number of hydrogen-bond acceptors (Lipinski definition) is 11. The summed E-state index contributed by atoms with van der Waals surface area (Å²) in [6.45, 7) is 17.0. The van der Waals surface area contributed by atoms with Crippen LogP contribution in [0.2, 0.25) is 0 Å². The van der Waals surface area contributed by atoms with Crippen molar-refractivity contribution >= 4 is 17.3 Å². The first-order valence-electron chi connectivity index (χ1n) is 36.6. The standard InChI is InChI=1S/C80H109N3O8/c1-9-10-11-16-54-52-23-26-62(86)70(54)80-39-60-72-77(6,59-19-15-30-79(72,29-13-12-28-75(4,90)42-83-60)73(89)66(59)48-33-45(41-82-8)35-50(84)37-48)64(80)27-24-58-69(63(87)40-76(58,80)5)68-55(22-21-53-56-38-46(20-25-61(56)85)65(52)67(53)68)71(88)74-78(7,91-74)57-18-14-17-51(57)47-32-44(31-43(2)3)34-49(81)36-47/h15,19-23,25-26,32-37,43,46,51-57,59-62,64-68,70-72,74,82-86,88,90H,9-14,16-18,24,27-31,38-42,81H2,1-8H3. The summed E-state index contributed by atoms with van der Waals surface area (Å²) in [4.78, 5) is 33.6. The lowest BCUT2D eigenvalue weighted by atomic mass is 9.28. The predicted molar refractivity (Wildman–Crippen MR) is 357 cm³/mol. The summed E-state index contributed by atoms with van der Waals surface area (Å²) in [6.07, 6.45) is 30.9. The maximum Gasteiger partial charge on any atom is 0.160 e. The molecule has 5 saturated carbocycles. The van der Waals surface area contributed by atoms with Crippen LogP contribution in [0.1, 0.15) is 192 Å². The number of aliphatic hydroxyl groups excluding tert-OH is 3. The fraction of sp³-hybridized carbons (Fsp3) is 0.700.